The van der Waals surface area contributed by atoms with Crippen LogP contribution in [0.2, 0.25) is 0 Å². The van der Waals surface area contributed by atoms with Gasteiger partial charge in [0, 0.05) is 5.57 Å². The van der Waals surface area contributed by atoms with E-state index in [0.717, 1.165) is 11.1 Å². The van der Waals surface area contributed by atoms with Crippen molar-refractivity contribution in [2.24, 2.45) is 0 Å². The van der Waals surface area contributed by atoms with E-state index in [1.165, 1.54) is 0 Å². The third kappa shape index (κ3) is 1.33. The fourth-order valence-electron chi connectivity index (χ4n) is 1.54. The van der Waals surface area contributed by atoms with Gasteiger partial charge < -0.3 is 0 Å². The molecule has 66 valence electrons. The quantitative estimate of drug-likeness (QED) is 0.555. The SMILES string of the molecule is C=C1C=C2CC(=O)NC(=O)C2=CC1. The van der Waals surface area contributed by atoms with Crippen molar-refractivity contribution in [1.82, 2.24) is 5.32 Å². The molecule has 2 amide bonds. The van der Waals surface area contributed by atoms with Crippen molar-refractivity contribution in [3.63, 3.8) is 0 Å². The number of fused-ring (bicyclic) bond motifs is 1. The fourth-order valence-corrected chi connectivity index (χ4v) is 1.54. The minimum Gasteiger partial charge on any atom is -0.292 e. The second-order valence-electron chi connectivity index (χ2n) is 3.20. The van der Waals surface area contributed by atoms with E-state index in [1.807, 2.05) is 12.2 Å². The average Bonchev–Trinajstić information content (AvgIpc) is 2.02. The topological polar surface area (TPSA) is 46.2 Å². The number of carbonyl (C=O) groups excluding carboxylic acids is 2. The lowest BCUT2D eigenvalue weighted by Gasteiger charge is -2.20. The molecule has 0 spiro atoms. The molecule has 1 heterocycles. The normalized spacial score (nSPS) is 21.7. The predicted molar refractivity (Wildman–Crippen MR) is 47.7 cm³/mol. The molecule has 13 heavy (non-hydrogen) atoms. The molecule has 1 saturated heterocycles. The Morgan fingerprint density at radius 2 is 2.15 bits per heavy atom. The molecule has 0 unspecified atom stereocenters. The van der Waals surface area contributed by atoms with Gasteiger partial charge in [-0.15, -0.1) is 0 Å². The first-order valence-electron chi connectivity index (χ1n) is 4.10. The minimum absolute atomic E-state index is 0.233. The van der Waals surface area contributed by atoms with Gasteiger partial charge in [-0.05, 0) is 12.0 Å². The first kappa shape index (κ1) is 7.98. The van der Waals surface area contributed by atoms with Crippen LogP contribution in [0.4, 0.5) is 0 Å². The first-order chi connectivity index (χ1) is 6.16. The van der Waals surface area contributed by atoms with Gasteiger partial charge in [-0.2, -0.15) is 0 Å². The molecular formula is C10H9NO2. The predicted octanol–water partition coefficient (Wildman–Crippen LogP) is 0.846. The number of imide groups is 1. The highest BCUT2D eigenvalue weighted by atomic mass is 16.2. The zero-order valence-corrected chi connectivity index (χ0v) is 7.09. The van der Waals surface area contributed by atoms with E-state index < -0.39 is 0 Å². The van der Waals surface area contributed by atoms with E-state index >= 15 is 0 Å². The van der Waals surface area contributed by atoms with Crippen LogP contribution in [0, 0.1) is 0 Å². The average molecular weight is 175 g/mol. The maximum Gasteiger partial charge on any atom is 0.257 e. The number of allylic oxidation sites excluding steroid dienone is 3. The molecule has 1 aliphatic heterocycles. The summed E-state index contributed by atoms with van der Waals surface area (Å²) in [5, 5.41) is 2.28. The third-order valence-corrected chi connectivity index (χ3v) is 2.14. The molecule has 1 aliphatic carbocycles. The van der Waals surface area contributed by atoms with Crippen molar-refractivity contribution in [2.45, 2.75) is 12.8 Å². The number of hydrogen-bond acceptors (Lipinski definition) is 2. The summed E-state index contributed by atoms with van der Waals surface area (Å²) in [4.78, 5) is 22.3. The summed E-state index contributed by atoms with van der Waals surface area (Å²) < 4.78 is 0. The molecule has 3 nitrogen and oxygen atoms in total. The van der Waals surface area contributed by atoms with Crippen LogP contribution in [0.1, 0.15) is 12.8 Å². The van der Waals surface area contributed by atoms with Gasteiger partial charge in [-0.25, -0.2) is 0 Å². The van der Waals surface area contributed by atoms with Gasteiger partial charge in [0.15, 0.2) is 0 Å². The van der Waals surface area contributed by atoms with Crippen LogP contribution in [0.5, 0.6) is 0 Å². The molecule has 1 N–H and O–H groups in total. The summed E-state index contributed by atoms with van der Waals surface area (Å²) in [7, 11) is 0. The van der Waals surface area contributed by atoms with Crippen LogP contribution in [0.3, 0.4) is 0 Å². The largest absolute Gasteiger partial charge is 0.292 e. The zero-order chi connectivity index (χ0) is 9.42. The number of amides is 2. The van der Waals surface area contributed by atoms with Crippen LogP contribution < -0.4 is 5.32 Å². The van der Waals surface area contributed by atoms with Gasteiger partial charge in [0.2, 0.25) is 5.91 Å². The Bertz CT molecular complexity index is 374. The van der Waals surface area contributed by atoms with E-state index in [-0.39, 0.29) is 18.2 Å². The Balaban J connectivity index is 2.40. The Kier molecular flexibility index (Phi) is 1.65. The number of piperidine rings is 1. The van der Waals surface area contributed by atoms with Crippen LogP contribution in [0.25, 0.3) is 0 Å². The van der Waals surface area contributed by atoms with E-state index in [0.29, 0.717) is 12.0 Å². The second kappa shape index (κ2) is 2.69. The maximum atomic E-state index is 11.3. The monoisotopic (exact) mass is 175 g/mol. The van der Waals surface area contributed by atoms with Gasteiger partial charge >= 0.3 is 0 Å². The van der Waals surface area contributed by atoms with Crippen molar-refractivity contribution >= 4 is 11.8 Å². The minimum atomic E-state index is -0.282. The van der Waals surface area contributed by atoms with Crippen LogP contribution in [-0.2, 0) is 9.59 Å². The lowest BCUT2D eigenvalue weighted by atomic mass is 9.90. The van der Waals surface area contributed by atoms with E-state index in [9.17, 15) is 9.59 Å². The maximum absolute atomic E-state index is 11.3. The Hall–Kier alpha value is -1.64. The molecule has 3 heteroatoms. The van der Waals surface area contributed by atoms with Crippen molar-refractivity contribution in [1.29, 1.82) is 0 Å². The van der Waals surface area contributed by atoms with Crippen LogP contribution in [-0.4, -0.2) is 11.8 Å². The van der Waals surface area contributed by atoms with Crippen molar-refractivity contribution in [2.75, 3.05) is 0 Å². The lowest BCUT2D eigenvalue weighted by Crippen LogP contribution is -2.37. The van der Waals surface area contributed by atoms with Gasteiger partial charge in [0.1, 0.15) is 0 Å². The molecular weight excluding hydrogens is 166 g/mol. The van der Waals surface area contributed by atoms with E-state index in [2.05, 4.69) is 11.9 Å². The summed E-state index contributed by atoms with van der Waals surface area (Å²) in [6.45, 7) is 3.79. The molecule has 2 rings (SSSR count). The Morgan fingerprint density at radius 3 is 2.92 bits per heavy atom. The molecule has 0 bridgehead atoms. The number of rotatable bonds is 0. The smallest absolute Gasteiger partial charge is 0.257 e. The highest BCUT2D eigenvalue weighted by Gasteiger charge is 2.26. The summed E-state index contributed by atoms with van der Waals surface area (Å²) in [5.41, 5.74) is 2.37. The fraction of sp³-hybridized carbons (Fsp3) is 0.200. The van der Waals surface area contributed by atoms with Crippen molar-refractivity contribution in [3.8, 4) is 0 Å². The standard InChI is InChI=1S/C10H9NO2/c1-6-2-3-8-7(4-6)5-9(12)11-10(8)13/h3-4H,1-2,5H2,(H,11,12,13). The van der Waals surface area contributed by atoms with Gasteiger partial charge in [0.05, 0.1) is 6.42 Å². The summed E-state index contributed by atoms with van der Waals surface area (Å²) >= 11 is 0. The van der Waals surface area contributed by atoms with Gasteiger partial charge in [0.25, 0.3) is 5.91 Å². The van der Waals surface area contributed by atoms with Crippen LogP contribution >= 0.6 is 0 Å². The zero-order valence-electron chi connectivity index (χ0n) is 7.09. The second-order valence-corrected chi connectivity index (χ2v) is 3.20. The number of carbonyl (C=O) groups is 2. The van der Waals surface area contributed by atoms with E-state index in [4.69, 9.17) is 0 Å². The van der Waals surface area contributed by atoms with Crippen molar-refractivity contribution < 1.29 is 9.59 Å². The Labute approximate surface area is 75.8 Å². The van der Waals surface area contributed by atoms with Gasteiger partial charge in [-0.1, -0.05) is 24.3 Å². The third-order valence-electron chi connectivity index (χ3n) is 2.14. The van der Waals surface area contributed by atoms with Crippen LogP contribution in [0.15, 0.2) is 35.5 Å². The molecule has 1 fully saturated rings. The first-order valence-corrected chi connectivity index (χ1v) is 4.10. The summed E-state index contributed by atoms with van der Waals surface area (Å²) in [6.07, 6.45) is 4.63. The molecule has 0 aromatic carbocycles. The summed E-state index contributed by atoms with van der Waals surface area (Å²) in [5.74, 6) is -0.516. The molecule has 0 aromatic rings. The highest BCUT2D eigenvalue weighted by molar-refractivity contribution is 6.12. The van der Waals surface area contributed by atoms with Gasteiger partial charge in [-0.3, -0.25) is 14.9 Å². The molecule has 0 aromatic heterocycles. The Morgan fingerprint density at radius 1 is 1.38 bits per heavy atom. The number of hydrogen-bond donors (Lipinski definition) is 1. The van der Waals surface area contributed by atoms with E-state index in [1.54, 1.807) is 0 Å². The highest BCUT2D eigenvalue weighted by Crippen LogP contribution is 2.26. The molecule has 0 atom stereocenters. The lowest BCUT2D eigenvalue weighted by molar-refractivity contribution is -0.129. The molecule has 0 saturated carbocycles. The number of nitrogens with one attached hydrogen (secondary N) is 1. The molecule has 2 aliphatic rings. The summed E-state index contributed by atoms with van der Waals surface area (Å²) in [6, 6.07) is 0. The van der Waals surface area contributed by atoms with Crippen molar-refractivity contribution in [3.05, 3.63) is 35.5 Å². The molecule has 0 radical (unpaired) electrons.